The molecule has 6 heteroatoms. The molecule has 0 aliphatic carbocycles. The molecule has 2 rings (SSSR count). The molecule has 106 valence electrons. The van der Waals surface area contributed by atoms with Crippen LogP contribution >= 0.6 is 11.8 Å². The van der Waals surface area contributed by atoms with E-state index in [1.54, 1.807) is 0 Å². The second-order valence-electron chi connectivity index (χ2n) is 4.94. The number of aromatic nitrogens is 1. The molecule has 0 spiro atoms. The molecule has 1 aromatic heterocycles. The van der Waals surface area contributed by atoms with E-state index in [-0.39, 0.29) is 16.4 Å². The molecule has 1 aliphatic heterocycles. The van der Waals surface area contributed by atoms with E-state index in [2.05, 4.69) is 22.5 Å². The molecule has 3 nitrogen and oxygen atoms in total. The van der Waals surface area contributed by atoms with Crippen LogP contribution in [0.4, 0.5) is 20.4 Å². The lowest BCUT2D eigenvalue weighted by atomic mass is 10.1. The molecule has 2 N–H and O–H groups in total. The van der Waals surface area contributed by atoms with Gasteiger partial charge in [0.2, 0.25) is 0 Å². The summed E-state index contributed by atoms with van der Waals surface area (Å²) in [5.41, 5.74) is 0. The lowest BCUT2D eigenvalue weighted by Gasteiger charge is -2.23. The highest BCUT2D eigenvalue weighted by Gasteiger charge is 2.29. The van der Waals surface area contributed by atoms with Crippen molar-refractivity contribution in [2.24, 2.45) is 0 Å². The van der Waals surface area contributed by atoms with Crippen molar-refractivity contribution >= 4 is 23.4 Å². The van der Waals surface area contributed by atoms with Crippen LogP contribution in [-0.2, 0) is 0 Å². The smallest absolute Gasteiger partial charge is 0.168 e. The topological polar surface area (TPSA) is 37.0 Å². The van der Waals surface area contributed by atoms with Crippen molar-refractivity contribution in [3.8, 4) is 0 Å². The third kappa shape index (κ3) is 3.49. The Morgan fingerprint density at radius 3 is 2.58 bits per heavy atom. The maximum atomic E-state index is 13.7. The summed E-state index contributed by atoms with van der Waals surface area (Å²) in [4.78, 5) is 3.97. The fraction of sp³-hybridized carbons (Fsp3) is 0.615. The zero-order valence-electron chi connectivity index (χ0n) is 11.2. The van der Waals surface area contributed by atoms with E-state index in [0.29, 0.717) is 13.1 Å². The summed E-state index contributed by atoms with van der Waals surface area (Å²) in [5, 5.41) is 5.79. The van der Waals surface area contributed by atoms with Gasteiger partial charge in [-0.05, 0) is 32.4 Å². The van der Waals surface area contributed by atoms with Crippen molar-refractivity contribution in [1.29, 1.82) is 0 Å². The number of hydrogen-bond acceptors (Lipinski definition) is 4. The van der Waals surface area contributed by atoms with Crippen molar-refractivity contribution in [2.75, 3.05) is 29.5 Å². The zero-order valence-corrected chi connectivity index (χ0v) is 12.0. The summed E-state index contributed by atoms with van der Waals surface area (Å²) in [6.45, 7) is 5.18. The first-order chi connectivity index (χ1) is 9.04. The first-order valence-electron chi connectivity index (χ1n) is 6.52. The Bertz CT molecular complexity index is 448. The first-order valence-corrected chi connectivity index (χ1v) is 7.50. The minimum atomic E-state index is -0.661. The van der Waals surface area contributed by atoms with Gasteiger partial charge in [-0.3, -0.25) is 0 Å². The number of nitrogens with zero attached hydrogens (tertiary/aromatic N) is 1. The molecule has 1 aromatic rings. The lowest BCUT2D eigenvalue weighted by molar-refractivity contribution is 0.574. The standard InChI is InChI=1S/C13H19F2N3S/c1-3-16-11-9(14)7-10(15)12(18-11)17-8-13(2)5-4-6-19-13/h7H,3-6,8H2,1-2H3,(H2,16,17,18). The summed E-state index contributed by atoms with van der Waals surface area (Å²) in [6.07, 6.45) is 2.29. The molecule has 1 saturated heterocycles. The number of halogens is 2. The molecule has 1 aliphatic rings. The molecule has 0 aromatic carbocycles. The quantitative estimate of drug-likeness (QED) is 0.869. The minimum absolute atomic E-state index is 0.0932. The van der Waals surface area contributed by atoms with Gasteiger partial charge in [0, 0.05) is 23.9 Å². The van der Waals surface area contributed by atoms with Gasteiger partial charge in [-0.15, -0.1) is 0 Å². The van der Waals surface area contributed by atoms with Gasteiger partial charge in [-0.25, -0.2) is 13.8 Å². The van der Waals surface area contributed by atoms with E-state index in [1.807, 2.05) is 18.7 Å². The lowest BCUT2D eigenvalue weighted by Crippen LogP contribution is -2.28. The van der Waals surface area contributed by atoms with E-state index in [1.165, 1.54) is 6.42 Å². The molecule has 0 amide bonds. The molecular formula is C13H19F2N3S. The normalized spacial score (nSPS) is 22.5. The van der Waals surface area contributed by atoms with Gasteiger partial charge in [0.1, 0.15) is 0 Å². The molecular weight excluding hydrogens is 268 g/mol. The maximum Gasteiger partial charge on any atom is 0.168 e. The van der Waals surface area contributed by atoms with Crippen LogP contribution in [-0.4, -0.2) is 28.6 Å². The Labute approximate surface area is 116 Å². The first kappa shape index (κ1) is 14.4. The van der Waals surface area contributed by atoms with Crippen molar-refractivity contribution in [2.45, 2.75) is 31.4 Å². The summed E-state index contributed by atoms with van der Waals surface area (Å²) < 4.78 is 27.2. The molecule has 0 radical (unpaired) electrons. The van der Waals surface area contributed by atoms with Crippen molar-refractivity contribution in [1.82, 2.24) is 4.98 Å². The van der Waals surface area contributed by atoms with Crippen LogP contribution in [0.2, 0.25) is 0 Å². The van der Waals surface area contributed by atoms with E-state index < -0.39 is 11.6 Å². The molecule has 1 fully saturated rings. The Morgan fingerprint density at radius 1 is 1.32 bits per heavy atom. The van der Waals surface area contributed by atoms with Crippen LogP contribution in [0.15, 0.2) is 6.07 Å². The SMILES string of the molecule is CCNc1nc(NCC2(C)CCCS2)c(F)cc1F. The highest BCUT2D eigenvalue weighted by atomic mass is 32.2. The van der Waals surface area contributed by atoms with E-state index >= 15 is 0 Å². The number of thioether (sulfide) groups is 1. The van der Waals surface area contributed by atoms with E-state index in [9.17, 15) is 8.78 Å². The molecule has 1 atom stereocenters. The summed E-state index contributed by atoms with van der Waals surface area (Å²) in [7, 11) is 0. The molecule has 19 heavy (non-hydrogen) atoms. The monoisotopic (exact) mass is 287 g/mol. The van der Waals surface area contributed by atoms with Crippen LogP contribution < -0.4 is 10.6 Å². The fourth-order valence-corrected chi connectivity index (χ4v) is 3.37. The molecule has 0 saturated carbocycles. The van der Waals surface area contributed by atoms with Gasteiger partial charge in [0.25, 0.3) is 0 Å². The molecule has 1 unspecified atom stereocenters. The van der Waals surface area contributed by atoms with E-state index in [0.717, 1.165) is 18.2 Å². The molecule has 2 heterocycles. The minimum Gasteiger partial charge on any atom is -0.368 e. The zero-order chi connectivity index (χ0) is 13.9. The van der Waals surface area contributed by atoms with Crippen LogP contribution in [0.1, 0.15) is 26.7 Å². The average Bonchev–Trinajstić information content (AvgIpc) is 2.79. The maximum absolute atomic E-state index is 13.7. The molecule has 0 bridgehead atoms. The summed E-state index contributed by atoms with van der Waals surface area (Å²) in [6, 6.07) is 0.872. The van der Waals surface area contributed by atoms with Crippen molar-refractivity contribution < 1.29 is 8.78 Å². The Morgan fingerprint density at radius 2 is 2.00 bits per heavy atom. The largest absolute Gasteiger partial charge is 0.368 e. The number of anilines is 2. The van der Waals surface area contributed by atoms with Gasteiger partial charge in [0.15, 0.2) is 23.3 Å². The number of hydrogen-bond donors (Lipinski definition) is 2. The van der Waals surface area contributed by atoms with Crippen LogP contribution in [0.3, 0.4) is 0 Å². The van der Waals surface area contributed by atoms with Crippen molar-refractivity contribution in [3.63, 3.8) is 0 Å². The van der Waals surface area contributed by atoms with Crippen LogP contribution in [0.25, 0.3) is 0 Å². The van der Waals surface area contributed by atoms with Gasteiger partial charge in [0.05, 0.1) is 0 Å². The van der Waals surface area contributed by atoms with Gasteiger partial charge < -0.3 is 10.6 Å². The van der Waals surface area contributed by atoms with Gasteiger partial charge in [-0.2, -0.15) is 11.8 Å². The fourth-order valence-electron chi connectivity index (χ4n) is 2.13. The predicted octanol–water partition coefficient (Wildman–Crippen LogP) is 3.49. The highest BCUT2D eigenvalue weighted by molar-refractivity contribution is 8.00. The Hall–Kier alpha value is -1.04. The number of pyridine rings is 1. The third-order valence-corrected chi connectivity index (χ3v) is 4.74. The van der Waals surface area contributed by atoms with Crippen LogP contribution in [0, 0.1) is 11.6 Å². The summed E-state index contributed by atoms with van der Waals surface area (Å²) >= 11 is 1.88. The Kier molecular flexibility index (Phi) is 4.50. The van der Waals surface area contributed by atoms with Crippen LogP contribution in [0.5, 0.6) is 0 Å². The number of rotatable bonds is 5. The van der Waals surface area contributed by atoms with Gasteiger partial charge in [-0.1, -0.05) is 0 Å². The van der Waals surface area contributed by atoms with E-state index in [4.69, 9.17) is 0 Å². The third-order valence-electron chi connectivity index (χ3n) is 3.20. The number of nitrogens with one attached hydrogen (secondary N) is 2. The second-order valence-corrected chi connectivity index (χ2v) is 6.62. The Balaban J connectivity index is 2.08. The summed E-state index contributed by atoms with van der Waals surface area (Å²) in [5.74, 6) is 0.0407. The highest BCUT2D eigenvalue weighted by Crippen LogP contribution is 2.37. The average molecular weight is 287 g/mol. The van der Waals surface area contributed by atoms with Crippen molar-refractivity contribution in [3.05, 3.63) is 17.7 Å². The second kappa shape index (κ2) is 5.94. The van der Waals surface area contributed by atoms with Gasteiger partial charge >= 0.3 is 0 Å². The predicted molar refractivity (Wildman–Crippen MR) is 76.9 cm³/mol.